The highest BCUT2D eigenvalue weighted by Crippen LogP contribution is 2.42. The number of aromatic amines is 1. The number of carbonyl (C=O) groups excluding carboxylic acids is 2. The van der Waals surface area contributed by atoms with E-state index in [1.807, 2.05) is 16.8 Å². The van der Waals surface area contributed by atoms with Gasteiger partial charge in [-0.15, -0.1) is 0 Å². The van der Waals surface area contributed by atoms with Crippen LogP contribution < -0.4 is 11.5 Å². The van der Waals surface area contributed by atoms with Crippen LogP contribution in [-0.2, 0) is 0 Å². The van der Waals surface area contributed by atoms with E-state index in [1.54, 1.807) is 12.1 Å². The second kappa shape index (κ2) is 4.28. The molecule has 0 unspecified atom stereocenters. The van der Waals surface area contributed by atoms with Crippen molar-refractivity contribution in [1.82, 2.24) is 10.2 Å². The average Bonchev–Trinajstić information content (AvgIpc) is 3.17. The maximum absolute atomic E-state index is 12.8. The number of hydrogen-bond acceptors (Lipinski definition) is 5. The number of ketones is 1. The van der Waals surface area contributed by atoms with Gasteiger partial charge in [0.1, 0.15) is 5.69 Å². The second-order valence-electron chi connectivity index (χ2n) is 4.98. The monoisotopic (exact) mass is 310 g/mol. The van der Waals surface area contributed by atoms with Crippen molar-refractivity contribution < 1.29 is 9.59 Å². The maximum Gasteiger partial charge on any atom is 0.251 e. The first-order valence-electron chi connectivity index (χ1n) is 6.48. The number of rotatable bonds is 2. The summed E-state index contributed by atoms with van der Waals surface area (Å²) < 4.78 is 0. The zero-order valence-corrected chi connectivity index (χ0v) is 12.0. The topological polar surface area (TPSA) is 115 Å². The minimum Gasteiger partial charge on any atom is -0.398 e. The van der Waals surface area contributed by atoms with Crippen LogP contribution in [0.5, 0.6) is 0 Å². The molecule has 0 atom stereocenters. The van der Waals surface area contributed by atoms with Crippen molar-refractivity contribution in [3.8, 4) is 22.5 Å². The first kappa shape index (κ1) is 12.8. The molecular weight excluding hydrogens is 300 g/mol. The third-order valence-corrected chi connectivity index (χ3v) is 4.45. The molecule has 1 aliphatic rings. The molecule has 1 aliphatic carbocycles. The number of nitrogen functional groups attached to an aromatic ring is 1. The predicted octanol–water partition coefficient (Wildman–Crippen LogP) is 2.03. The van der Waals surface area contributed by atoms with Crippen molar-refractivity contribution in [3.05, 3.63) is 45.6 Å². The normalized spacial score (nSPS) is 12.3. The Bertz CT molecular complexity index is 941. The smallest absolute Gasteiger partial charge is 0.251 e. The Morgan fingerprint density at radius 2 is 2.05 bits per heavy atom. The molecule has 3 aromatic rings. The van der Waals surface area contributed by atoms with Crippen LogP contribution in [-0.4, -0.2) is 21.9 Å². The molecule has 0 radical (unpaired) electrons. The van der Waals surface area contributed by atoms with Gasteiger partial charge in [0.2, 0.25) is 0 Å². The Labute approximate surface area is 128 Å². The highest BCUT2D eigenvalue weighted by atomic mass is 32.1. The molecule has 6 nitrogen and oxygen atoms in total. The number of benzene rings is 1. The number of nitrogens with zero attached hydrogens (tertiary/aromatic N) is 1. The van der Waals surface area contributed by atoms with Gasteiger partial charge in [0, 0.05) is 27.8 Å². The number of carbonyl (C=O) groups is 2. The lowest BCUT2D eigenvalue weighted by Gasteiger charge is -2.07. The molecule has 0 saturated heterocycles. The van der Waals surface area contributed by atoms with Gasteiger partial charge in [-0.1, -0.05) is 0 Å². The van der Waals surface area contributed by atoms with Crippen molar-refractivity contribution in [2.45, 2.75) is 0 Å². The number of amides is 1. The summed E-state index contributed by atoms with van der Waals surface area (Å²) in [5, 5.41) is 11.0. The highest BCUT2D eigenvalue weighted by Gasteiger charge is 2.36. The van der Waals surface area contributed by atoms with Crippen molar-refractivity contribution >= 4 is 28.7 Å². The Kier molecular flexibility index (Phi) is 2.49. The molecule has 0 spiro atoms. The number of primary amides is 1. The van der Waals surface area contributed by atoms with Crippen LogP contribution in [0.25, 0.3) is 22.5 Å². The SMILES string of the molecule is NC(=O)c1c(N)ccc2c1C(=O)c1c(-c3ccsc3)n[nH]c1-2. The summed E-state index contributed by atoms with van der Waals surface area (Å²) in [7, 11) is 0. The molecule has 7 heteroatoms. The molecule has 22 heavy (non-hydrogen) atoms. The van der Waals surface area contributed by atoms with Gasteiger partial charge in [-0.25, -0.2) is 0 Å². The number of anilines is 1. The van der Waals surface area contributed by atoms with E-state index < -0.39 is 5.91 Å². The van der Waals surface area contributed by atoms with E-state index in [-0.39, 0.29) is 22.6 Å². The number of hydrogen-bond donors (Lipinski definition) is 3. The quantitative estimate of drug-likeness (QED) is 0.491. The van der Waals surface area contributed by atoms with E-state index >= 15 is 0 Å². The molecule has 1 aromatic carbocycles. The number of nitrogens with one attached hydrogen (secondary N) is 1. The van der Waals surface area contributed by atoms with Crippen molar-refractivity contribution in [2.75, 3.05) is 5.73 Å². The van der Waals surface area contributed by atoms with Gasteiger partial charge in [0.25, 0.3) is 5.91 Å². The summed E-state index contributed by atoms with van der Waals surface area (Å²) in [5.41, 5.74) is 14.8. The van der Waals surface area contributed by atoms with Gasteiger partial charge in [-0.05, 0) is 23.6 Å². The van der Waals surface area contributed by atoms with E-state index in [0.717, 1.165) is 5.56 Å². The number of nitrogens with two attached hydrogens (primary N) is 2. The first-order valence-corrected chi connectivity index (χ1v) is 7.42. The first-order chi connectivity index (χ1) is 10.6. The van der Waals surface area contributed by atoms with Crippen LogP contribution in [0, 0.1) is 0 Å². The minimum atomic E-state index is -0.710. The van der Waals surface area contributed by atoms with E-state index in [0.29, 0.717) is 22.5 Å². The zero-order chi connectivity index (χ0) is 15.4. The molecule has 2 heterocycles. The fourth-order valence-corrected chi connectivity index (χ4v) is 3.46. The lowest BCUT2D eigenvalue weighted by Crippen LogP contribution is -2.18. The lowest BCUT2D eigenvalue weighted by molar-refractivity contribution is 0.0983. The van der Waals surface area contributed by atoms with Crippen LogP contribution in [0.3, 0.4) is 0 Å². The Morgan fingerprint density at radius 3 is 2.73 bits per heavy atom. The molecule has 0 bridgehead atoms. The van der Waals surface area contributed by atoms with E-state index in [4.69, 9.17) is 11.5 Å². The summed E-state index contributed by atoms with van der Waals surface area (Å²) in [6.07, 6.45) is 0. The Morgan fingerprint density at radius 1 is 1.23 bits per heavy atom. The van der Waals surface area contributed by atoms with Crippen LogP contribution in [0.4, 0.5) is 5.69 Å². The van der Waals surface area contributed by atoms with Crippen molar-refractivity contribution in [3.63, 3.8) is 0 Å². The van der Waals surface area contributed by atoms with Gasteiger partial charge >= 0.3 is 0 Å². The van der Waals surface area contributed by atoms with Crippen LogP contribution in [0.2, 0.25) is 0 Å². The van der Waals surface area contributed by atoms with Gasteiger partial charge in [-0.2, -0.15) is 16.4 Å². The number of thiophene rings is 1. The number of aromatic nitrogens is 2. The Hall–Kier alpha value is -2.93. The Balaban J connectivity index is 2.01. The molecule has 0 saturated carbocycles. The van der Waals surface area contributed by atoms with Crippen LogP contribution in [0.15, 0.2) is 29.0 Å². The summed E-state index contributed by atoms with van der Waals surface area (Å²) in [4.78, 5) is 24.5. The molecule has 0 aliphatic heterocycles. The third-order valence-electron chi connectivity index (χ3n) is 3.77. The number of fused-ring (bicyclic) bond motifs is 3. The van der Waals surface area contributed by atoms with Crippen LogP contribution >= 0.6 is 11.3 Å². The molecule has 4 rings (SSSR count). The third kappa shape index (κ3) is 1.51. The molecule has 0 fully saturated rings. The lowest BCUT2D eigenvalue weighted by atomic mass is 9.99. The predicted molar refractivity (Wildman–Crippen MR) is 83.7 cm³/mol. The molecule has 1 amide bonds. The fraction of sp³-hybridized carbons (Fsp3) is 0. The largest absolute Gasteiger partial charge is 0.398 e. The number of H-pyrrole nitrogens is 1. The van der Waals surface area contributed by atoms with Crippen molar-refractivity contribution in [2.24, 2.45) is 5.73 Å². The van der Waals surface area contributed by atoms with E-state index in [2.05, 4.69) is 10.2 Å². The van der Waals surface area contributed by atoms with Gasteiger partial charge in [0.15, 0.2) is 5.78 Å². The van der Waals surface area contributed by atoms with Crippen LogP contribution in [0.1, 0.15) is 26.3 Å². The summed E-state index contributed by atoms with van der Waals surface area (Å²) in [6.45, 7) is 0. The van der Waals surface area contributed by atoms with Gasteiger partial charge in [0.05, 0.1) is 16.8 Å². The van der Waals surface area contributed by atoms with E-state index in [9.17, 15) is 9.59 Å². The van der Waals surface area contributed by atoms with Gasteiger partial charge in [-0.3, -0.25) is 14.7 Å². The zero-order valence-electron chi connectivity index (χ0n) is 11.2. The molecular formula is C15H10N4O2S. The highest BCUT2D eigenvalue weighted by molar-refractivity contribution is 7.08. The summed E-state index contributed by atoms with van der Waals surface area (Å²) in [5.74, 6) is -0.987. The van der Waals surface area contributed by atoms with Crippen molar-refractivity contribution in [1.29, 1.82) is 0 Å². The molecule has 5 N–H and O–H groups in total. The fourth-order valence-electron chi connectivity index (χ4n) is 2.82. The maximum atomic E-state index is 12.8. The summed E-state index contributed by atoms with van der Waals surface area (Å²) in [6, 6.07) is 5.17. The minimum absolute atomic E-state index is 0.0726. The standard InChI is InChI=1S/C15H10N4O2S/c16-8-2-1-7-9(10(8)15(17)21)14(20)11-12(18-19-13(7)11)6-3-4-22-5-6/h1-5H,16H2,(H2,17,21)(H,18,19). The average molecular weight is 310 g/mol. The summed E-state index contributed by atoms with van der Waals surface area (Å²) >= 11 is 1.52. The van der Waals surface area contributed by atoms with Gasteiger partial charge < -0.3 is 11.5 Å². The van der Waals surface area contributed by atoms with E-state index in [1.165, 1.54) is 11.3 Å². The molecule has 2 aromatic heterocycles. The second-order valence-corrected chi connectivity index (χ2v) is 5.76. The molecule has 108 valence electrons.